The van der Waals surface area contributed by atoms with Crippen molar-refractivity contribution in [2.75, 3.05) is 0 Å². The molecular weight excluding hydrogens is 914 g/mol. The van der Waals surface area contributed by atoms with Crippen LogP contribution in [0.1, 0.15) is 47.1 Å². The van der Waals surface area contributed by atoms with Crippen LogP contribution in [0, 0.1) is 26.8 Å². The molecule has 2 aromatic heterocycles. The van der Waals surface area contributed by atoms with E-state index in [9.17, 15) is 5.11 Å². The second kappa shape index (κ2) is 16.4. The smallest absolute Gasteiger partial charge is 0.148 e. The van der Waals surface area contributed by atoms with Gasteiger partial charge in [-0.15, -0.1) is 29.3 Å². The van der Waals surface area contributed by atoms with Gasteiger partial charge < -0.3 is 5.11 Å². The van der Waals surface area contributed by atoms with E-state index >= 15 is 0 Å². The molecule has 0 aliphatic heterocycles. The van der Waals surface area contributed by atoms with E-state index in [1.54, 1.807) is 6.07 Å². The molecule has 2 heterocycles. The summed E-state index contributed by atoms with van der Waals surface area (Å²) in [7, 11) is 0. The van der Waals surface area contributed by atoms with Crippen LogP contribution in [-0.2, 0) is 26.5 Å². The van der Waals surface area contributed by atoms with E-state index < -0.39 is 6.85 Å². The van der Waals surface area contributed by atoms with Crippen molar-refractivity contribution in [2.45, 2.75) is 46.9 Å². The van der Waals surface area contributed by atoms with Crippen LogP contribution < -0.4 is 0 Å². The van der Waals surface area contributed by atoms with Crippen molar-refractivity contribution in [2.24, 2.45) is 0 Å². The Kier molecular flexibility index (Phi) is 10.0. The zero-order valence-corrected chi connectivity index (χ0v) is 36.5. The summed E-state index contributed by atoms with van der Waals surface area (Å²) in [6.45, 7) is 8.07. The fourth-order valence-electron chi connectivity index (χ4n) is 7.96. The van der Waals surface area contributed by atoms with Gasteiger partial charge in [0.05, 0.1) is 16.6 Å². The van der Waals surface area contributed by atoms with Gasteiger partial charge in [0, 0.05) is 42.8 Å². The largest absolute Gasteiger partial charge is 0.507 e. The molecule has 0 amide bonds. The molecule has 9 rings (SSSR count). The Morgan fingerprint density at radius 3 is 1.97 bits per heavy atom. The summed E-state index contributed by atoms with van der Waals surface area (Å²) in [6, 6.07) is 56.3. The predicted molar refractivity (Wildman–Crippen MR) is 245 cm³/mol. The Balaban J connectivity index is 0.00000544. The first-order valence-electron chi connectivity index (χ1n) is 21.5. The maximum Gasteiger partial charge on any atom is 0.148 e. The Hall–Kier alpha value is -6.35. The number of nitrogens with zero attached hydrogens (tertiary/aromatic N) is 3. The average molecular weight is 963 g/mol. The molecule has 1 N–H and O–H groups in total. The predicted octanol–water partition coefficient (Wildman–Crippen LogP) is 14.1. The second-order valence-electron chi connectivity index (χ2n) is 16.3. The molecule has 9 aromatic rings. The second-order valence-corrected chi connectivity index (χ2v) is 16.3. The van der Waals surface area contributed by atoms with E-state index in [0.717, 1.165) is 66.8 Å². The van der Waals surface area contributed by atoms with E-state index in [0.29, 0.717) is 28.2 Å². The number of hydrogen-bond donors (Lipinski definition) is 1. The molecule has 298 valence electrons. The molecule has 0 radical (unpaired) electrons. The van der Waals surface area contributed by atoms with Gasteiger partial charge in [-0.2, -0.15) is 0 Å². The van der Waals surface area contributed by atoms with Crippen molar-refractivity contribution in [3.8, 4) is 78.6 Å². The third-order valence-electron chi connectivity index (χ3n) is 11.1. The molecule has 0 saturated carbocycles. The van der Waals surface area contributed by atoms with Crippen molar-refractivity contribution < 1.29 is 30.3 Å². The summed E-state index contributed by atoms with van der Waals surface area (Å²) in [6.07, 6.45) is 1.86. The van der Waals surface area contributed by atoms with E-state index in [4.69, 9.17) is 14.1 Å². The number of benzene rings is 7. The van der Waals surface area contributed by atoms with Crippen LogP contribution in [0.3, 0.4) is 0 Å². The van der Waals surface area contributed by atoms with E-state index in [1.165, 1.54) is 5.56 Å². The summed E-state index contributed by atoms with van der Waals surface area (Å²) in [5.74, 6) is 0.621. The van der Waals surface area contributed by atoms with Crippen molar-refractivity contribution >= 4 is 11.0 Å². The first-order chi connectivity index (χ1) is 29.7. The number of hydrogen-bond acceptors (Lipinski definition) is 3. The molecule has 0 aliphatic carbocycles. The van der Waals surface area contributed by atoms with Crippen LogP contribution >= 0.6 is 0 Å². The number of pyridine rings is 1. The molecule has 0 saturated heterocycles. The molecule has 0 fully saturated rings. The number of aromatic nitrogens is 3. The van der Waals surface area contributed by atoms with Crippen molar-refractivity contribution in [3.63, 3.8) is 0 Å². The molecular formula is C55H46N3OPt-. The maximum absolute atomic E-state index is 11.6. The fraction of sp³-hybridized carbons (Fsp3) is 0.127. The number of fused-ring (bicyclic) bond motifs is 1. The Labute approximate surface area is 371 Å². The van der Waals surface area contributed by atoms with E-state index in [-0.39, 0.29) is 37.8 Å². The molecule has 0 aliphatic rings. The molecule has 0 bridgehead atoms. The Bertz CT molecular complexity index is 3120. The van der Waals surface area contributed by atoms with Crippen LogP contribution in [-0.4, -0.2) is 19.6 Å². The van der Waals surface area contributed by atoms with Gasteiger partial charge in [-0.1, -0.05) is 147 Å². The molecule has 4 nitrogen and oxygen atoms in total. The van der Waals surface area contributed by atoms with Crippen molar-refractivity contribution in [1.82, 2.24) is 14.5 Å². The van der Waals surface area contributed by atoms with Crippen LogP contribution in [0.15, 0.2) is 164 Å². The third-order valence-corrected chi connectivity index (χ3v) is 11.1. The van der Waals surface area contributed by atoms with E-state index in [2.05, 4.69) is 99.6 Å². The number of para-hydroxylation sites is 1. The van der Waals surface area contributed by atoms with Gasteiger partial charge in [-0.05, 0) is 107 Å². The minimum Gasteiger partial charge on any atom is -0.507 e. The summed E-state index contributed by atoms with van der Waals surface area (Å²) in [5.41, 5.74) is 14.8. The van der Waals surface area contributed by atoms with Crippen molar-refractivity contribution in [1.29, 1.82) is 0 Å². The van der Waals surface area contributed by atoms with Gasteiger partial charge in [0.1, 0.15) is 11.6 Å². The molecule has 5 heteroatoms. The first-order valence-corrected chi connectivity index (χ1v) is 20.0. The first kappa shape index (κ1) is 36.7. The van der Waals surface area contributed by atoms with Gasteiger partial charge in [0.15, 0.2) is 0 Å². The Morgan fingerprint density at radius 1 is 0.600 bits per heavy atom. The van der Waals surface area contributed by atoms with Gasteiger partial charge in [0.2, 0.25) is 0 Å². The van der Waals surface area contributed by atoms with E-state index in [1.807, 2.05) is 103 Å². The number of rotatable bonds is 7. The number of aryl methyl sites for hydroxylation is 3. The molecule has 60 heavy (non-hydrogen) atoms. The standard InChI is InChI=1S/C55H46N3O.Pt/c1-35-28-37(3)53(59)49(29-35)54-57-52-48(18-13-19-51(52)58(54)46-24-25-47(36(2)30-46)41-16-11-8-12-17-41)43-31-44(33-45(32-43)55(4,5)6)50-34-42(26-27-56-50)40-22-20-39(21-23-40)38-14-9-7-10-15-38;/h7-30,32-34,59H,1-6H3;/q-1;/i2D3;. The third kappa shape index (κ3) is 7.76. The quantitative estimate of drug-likeness (QED) is 0.162. The van der Waals surface area contributed by atoms with Crippen LogP contribution in [0.2, 0.25) is 0 Å². The zero-order valence-electron chi connectivity index (χ0n) is 37.2. The minimum absolute atomic E-state index is 0. The molecule has 0 unspecified atom stereocenters. The number of phenolic OH excluding ortho intramolecular Hbond substituents is 1. The number of phenols is 1. The fourth-order valence-corrected chi connectivity index (χ4v) is 7.96. The van der Waals surface area contributed by atoms with Crippen molar-refractivity contribution in [3.05, 3.63) is 192 Å². The molecule has 0 atom stereocenters. The summed E-state index contributed by atoms with van der Waals surface area (Å²) >= 11 is 0. The normalized spacial score (nSPS) is 12.4. The van der Waals surface area contributed by atoms with Gasteiger partial charge in [-0.3, -0.25) is 9.55 Å². The summed E-state index contributed by atoms with van der Waals surface area (Å²) < 4.78 is 27.9. The van der Waals surface area contributed by atoms with Crippen LogP contribution in [0.25, 0.3) is 83.9 Å². The van der Waals surface area contributed by atoms with Gasteiger partial charge in [-0.25, -0.2) is 4.98 Å². The van der Waals surface area contributed by atoms with Gasteiger partial charge >= 0.3 is 0 Å². The van der Waals surface area contributed by atoms with Gasteiger partial charge in [0.25, 0.3) is 0 Å². The SMILES string of the molecule is [2H]C([2H])([2H])c1cc(-n2c(-c3cc(C)cc(C)c3O)nc3c(-c4[c-]c(-c5cc(-c6ccc(-c7ccccc7)cc6)ccn5)cc(C(C)(C)C)c4)cccc32)ccc1-c1ccccc1.[Pt]. The maximum atomic E-state index is 11.6. The molecule has 0 spiro atoms. The Morgan fingerprint density at radius 2 is 1.27 bits per heavy atom. The topological polar surface area (TPSA) is 50.9 Å². The summed E-state index contributed by atoms with van der Waals surface area (Å²) in [5, 5.41) is 11.6. The van der Waals surface area contributed by atoms with Crippen LogP contribution in [0.5, 0.6) is 5.75 Å². The summed E-state index contributed by atoms with van der Waals surface area (Å²) in [4.78, 5) is 10.2. The molecule has 7 aromatic carbocycles. The number of imidazole rings is 1. The van der Waals surface area contributed by atoms with Crippen LogP contribution in [0.4, 0.5) is 0 Å². The zero-order chi connectivity index (χ0) is 43.3. The monoisotopic (exact) mass is 962 g/mol. The minimum atomic E-state index is -2.40. The average Bonchev–Trinajstić information content (AvgIpc) is 3.67. The number of aromatic hydroxyl groups is 1.